The Labute approximate surface area is 179 Å². The maximum atomic E-state index is 13.6. The zero-order valence-electron chi connectivity index (χ0n) is 16.3. The molecule has 0 spiro atoms. The lowest BCUT2D eigenvalue weighted by atomic mass is 10.1. The topological polar surface area (TPSA) is 78.8 Å². The van der Waals surface area contributed by atoms with Crippen LogP contribution in [0.25, 0.3) is 0 Å². The Kier molecular flexibility index (Phi) is 6.21. The maximum Gasteiger partial charge on any atom is 0.271 e. The van der Waals surface area contributed by atoms with Gasteiger partial charge in [-0.25, -0.2) is 18.2 Å². The number of nitrogens with zero attached hydrogens (tertiary/aromatic N) is 2. The fraction of sp³-hybridized carbons (Fsp3) is 0.333. The minimum Gasteiger partial charge on any atom is -0.267 e. The molecule has 1 N–H and O–H groups in total. The molecule has 0 aromatic heterocycles. The van der Waals surface area contributed by atoms with E-state index in [4.69, 9.17) is 0 Å². The Morgan fingerprint density at radius 1 is 1.10 bits per heavy atom. The summed E-state index contributed by atoms with van der Waals surface area (Å²) in [7, 11) is -3.63. The summed E-state index contributed by atoms with van der Waals surface area (Å²) in [5, 5.41) is 4.20. The Morgan fingerprint density at radius 2 is 1.90 bits per heavy atom. The number of halogens is 1. The van der Waals surface area contributed by atoms with Gasteiger partial charge < -0.3 is 0 Å². The number of hydrogen-bond acceptors (Lipinski definition) is 5. The molecule has 0 aliphatic carbocycles. The number of rotatable bonds is 4. The number of hydrogen-bond donors (Lipinski definition) is 1. The van der Waals surface area contributed by atoms with E-state index >= 15 is 0 Å². The Bertz CT molecular complexity index is 1100. The van der Waals surface area contributed by atoms with Gasteiger partial charge in [-0.2, -0.15) is 9.41 Å². The molecule has 2 heterocycles. The van der Waals surface area contributed by atoms with E-state index in [9.17, 15) is 17.6 Å². The van der Waals surface area contributed by atoms with Crippen LogP contribution in [-0.2, 0) is 10.0 Å². The molecule has 0 unspecified atom stereocenters. The summed E-state index contributed by atoms with van der Waals surface area (Å²) in [6.45, 7) is 1.00. The van der Waals surface area contributed by atoms with E-state index in [2.05, 4.69) is 10.5 Å². The van der Waals surface area contributed by atoms with E-state index in [0.29, 0.717) is 30.8 Å². The molecule has 1 fully saturated rings. The number of piperidine rings is 1. The largest absolute Gasteiger partial charge is 0.271 e. The third-order valence-electron chi connectivity index (χ3n) is 5.19. The SMILES string of the molecule is O=C(NN=C1CCSc2ccc(F)cc21)c1cccc(S(=O)(=O)N2CCCCC2)c1. The molecule has 2 aliphatic rings. The van der Waals surface area contributed by atoms with Crippen molar-refractivity contribution in [3.63, 3.8) is 0 Å². The number of fused-ring (bicyclic) bond motifs is 1. The maximum absolute atomic E-state index is 13.6. The molecule has 4 rings (SSSR count). The van der Waals surface area contributed by atoms with Crippen molar-refractivity contribution in [3.8, 4) is 0 Å². The number of hydrazone groups is 1. The van der Waals surface area contributed by atoms with Crippen LogP contribution in [-0.4, -0.2) is 43.2 Å². The second-order valence-corrected chi connectivity index (χ2v) is 10.3. The van der Waals surface area contributed by atoms with Crippen LogP contribution in [0.4, 0.5) is 4.39 Å². The molecule has 6 nitrogen and oxygen atoms in total. The van der Waals surface area contributed by atoms with E-state index in [1.54, 1.807) is 30.0 Å². The van der Waals surface area contributed by atoms with Crippen LogP contribution in [0.3, 0.4) is 0 Å². The van der Waals surface area contributed by atoms with Gasteiger partial charge in [0.05, 0.1) is 10.6 Å². The van der Waals surface area contributed by atoms with Gasteiger partial charge in [0.2, 0.25) is 10.0 Å². The van der Waals surface area contributed by atoms with Gasteiger partial charge in [0, 0.05) is 41.3 Å². The van der Waals surface area contributed by atoms with Gasteiger partial charge in [-0.3, -0.25) is 4.79 Å². The van der Waals surface area contributed by atoms with Crippen molar-refractivity contribution in [1.82, 2.24) is 9.73 Å². The highest BCUT2D eigenvalue weighted by Crippen LogP contribution is 2.30. The lowest BCUT2D eigenvalue weighted by Gasteiger charge is -2.26. The van der Waals surface area contributed by atoms with E-state index in [1.807, 2.05) is 0 Å². The lowest BCUT2D eigenvalue weighted by molar-refractivity contribution is 0.0954. The second kappa shape index (κ2) is 8.87. The van der Waals surface area contributed by atoms with E-state index in [0.717, 1.165) is 29.9 Å². The summed E-state index contributed by atoms with van der Waals surface area (Å²) in [5.41, 5.74) is 3.99. The summed E-state index contributed by atoms with van der Waals surface area (Å²) >= 11 is 1.62. The molecule has 2 aromatic rings. The highest BCUT2D eigenvalue weighted by atomic mass is 32.2. The summed E-state index contributed by atoms with van der Waals surface area (Å²) in [6, 6.07) is 10.5. The van der Waals surface area contributed by atoms with Crippen molar-refractivity contribution in [2.45, 2.75) is 35.5 Å². The Hall–Kier alpha value is -2.23. The predicted molar refractivity (Wildman–Crippen MR) is 115 cm³/mol. The molecule has 0 saturated carbocycles. The minimum atomic E-state index is -3.63. The summed E-state index contributed by atoms with van der Waals surface area (Å²) in [6.07, 6.45) is 3.32. The van der Waals surface area contributed by atoms with Gasteiger partial charge in [-0.1, -0.05) is 12.5 Å². The standard InChI is InChI=1S/C21H22FN3O3S2/c22-16-7-8-20-18(14-16)19(9-12-29-20)23-24-21(26)15-5-4-6-17(13-15)30(27,28)25-10-2-1-3-11-25/h4-8,13-14H,1-3,9-12H2,(H,24,26). The molecule has 0 atom stereocenters. The summed E-state index contributed by atoms with van der Waals surface area (Å²) < 4.78 is 40.8. The van der Waals surface area contributed by atoms with Crippen LogP contribution >= 0.6 is 11.8 Å². The van der Waals surface area contributed by atoms with Gasteiger partial charge in [-0.05, 0) is 49.2 Å². The molecule has 30 heavy (non-hydrogen) atoms. The average Bonchev–Trinajstić information content (AvgIpc) is 2.78. The first kappa shape index (κ1) is 21.0. The quantitative estimate of drug-likeness (QED) is 0.726. The Morgan fingerprint density at radius 3 is 2.70 bits per heavy atom. The van der Waals surface area contributed by atoms with Crippen LogP contribution in [0, 0.1) is 5.82 Å². The fourth-order valence-corrected chi connectivity index (χ4v) is 6.17. The fourth-order valence-electron chi connectivity index (χ4n) is 3.60. The molecule has 9 heteroatoms. The monoisotopic (exact) mass is 447 g/mol. The highest BCUT2D eigenvalue weighted by Gasteiger charge is 2.26. The van der Waals surface area contributed by atoms with Crippen LogP contribution in [0.1, 0.15) is 41.6 Å². The van der Waals surface area contributed by atoms with Crippen LogP contribution in [0.5, 0.6) is 0 Å². The average molecular weight is 448 g/mol. The van der Waals surface area contributed by atoms with Gasteiger partial charge in [0.1, 0.15) is 5.82 Å². The Balaban J connectivity index is 1.53. The first-order valence-electron chi connectivity index (χ1n) is 9.85. The predicted octanol–water partition coefficient (Wildman–Crippen LogP) is 3.63. The summed E-state index contributed by atoms with van der Waals surface area (Å²) in [4.78, 5) is 13.6. The van der Waals surface area contributed by atoms with Crippen molar-refractivity contribution in [2.24, 2.45) is 5.10 Å². The molecule has 0 radical (unpaired) electrons. The van der Waals surface area contributed by atoms with E-state index in [1.165, 1.54) is 28.6 Å². The van der Waals surface area contributed by atoms with Crippen molar-refractivity contribution in [3.05, 3.63) is 59.4 Å². The van der Waals surface area contributed by atoms with Crippen LogP contribution in [0.15, 0.2) is 57.4 Å². The molecule has 158 valence electrons. The minimum absolute atomic E-state index is 0.103. The summed E-state index contributed by atoms with van der Waals surface area (Å²) in [5.74, 6) is -0.0723. The molecule has 2 aromatic carbocycles. The first-order chi connectivity index (χ1) is 14.4. The van der Waals surface area contributed by atoms with E-state index < -0.39 is 15.9 Å². The van der Waals surface area contributed by atoms with Gasteiger partial charge in [0.25, 0.3) is 5.91 Å². The number of carbonyl (C=O) groups is 1. The van der Waals surface area contributed by atoms with Crippen molar-refractivity contribution in [2.75, 3.05) is 18.8 Å². The lowest BCUT2D eigenvalue weighted by Crippen LogP contribution is -2.35. The van der Waals surface area contributed by atoms with Gasteiger partial charge in [0.15, 0.2) is 0 Å². The molecule has 1 amide bonds. The second-order valence-electron chi connectivity index (χ2n) is 7.23. The van der Waals surface area contributed by atoms with Crippen molar-refractivity contribution < 1.29 is 17.6 Å². The molecule has 2 aliphatic heterocycles. The number of carbonyl (C=O) groups excluding carboxylic acids is 1. The molecule has 0 bridgehead atoms. The van der Waals surface area contributed by atoms with Gasteiger partial charge >= 0.3 is 0 Å². The van der Waals surface area contributed by atoms with Crippen molar-refractivity contribution >= 4 is 33.4 Å². The first-order valence-corrected chi connectivity index (χ1v) is 12.3. The van der Waals surface area contributed by atoms with Gasteiger partial charge in [-0.15, -0.1) is 11.8 Å². The van der Waals surface area contributed by atoms with Crippen LogP contribution in [0.2, 0.25) is 0 Å². The number of amides is 1. The van der Waals surface area contributed by atoms with Crippen LogP contribution < -0.4 is 5.43 Å². The third kappa shape index (κ3) is 4.43. The number of benzene rings is 2. The zero-order chi connectivity index (χ0) is 21.1. The van der Waals surface area contributed by atoms with Crippen molar-refractivity contribution in [1.29, 1.82) is 0 Å². The molecule has 1 saturated heterocycles. The zero-order valence-corrected chi connectivity index (χ0v) is 17.9. The molecular formula is C21H22FN3O3S2. The number of thioether (sulfide) groups is 1. The normalized spacial score (nSPS) is 18.8. The van der Waals surface area contributed by atoms with E-state index in [-0.39, 0.29) is 16.3 Å². The number of nitrogens with one attached hydrogen (secondary N) is 1. The molecular weight excluding hydrogens is 425 g/mol. The number of sulfonamides is 1. The smallest absolute Gasteiger partial charge is 0.267 e. The highest BCUT2D eigenvalue weighted by molar-refractivity contribution is 7.99. The third-order valence-corrected chi connectivity index (χ3v) is 8.16.